The summed E-state index contributed by atoms with van der Waals surface area (Å²) in [6.07, 6.45) is 5.91. The Hall–Kier alpha value is -3.16. The van der Waals surface area contributed by atoms with Crippen LogP contribution in [0.15, 0.2) is 71.5 Å². The van der Waals surface area contributed by atoms with Gasteiger partial charge >= 0.3 is 0 Å². The van der Waals surface area contributed by atoms with Gasteiger partial charge in [0.15, 0.2) is 0 Å². The van der Waals surface area contributed by atoms with E-state index in [1.54, 1.807) is 53.2 Å². The second kappa shape index (κ2) is 13.2. The molecule has 0 aliphatic heterocycles. The quantitative estimate of drug-likeness (QED) is 0.255. The lowest BCUT2D eigenvalue weighted by Crippen LogP contribution is -2.26. The van der Waals surface area contributed by atoms with Crippen LogP contribution in [0.5, 0.6) is 0 Å². The van der Waals surface area contributed by atoms with Gasteiger partial charge in [0.1, 0.15) is 16.6 Å². The van der Waals surface area contributed by atoms with E-state index in [0.29, 0.717) is 45.4 Å². The van der Waals surface area contributed by atoms with Gasteiger partial charge < -0.3 is 9.73 Å². The first-order chi connectivity index (χ1) is 17.4. The molecule has 0 fully saturated rings. The number of pyridine rings is 1. The molecule has 190 valence electrons. The van der Waals surface area contributed by atoms with Crippen molar-refractivity contribution in [3.05, 3.63) is 77.6 Å². The van der Waals surface area contributed by atoms with Crippen LogP contribution < -0.4 is 9.62 Å². The average molecular weight is 526 g/mol. The molecule has 1 atom stereocenters. The number of carbonyl (C=O) groups excluding carboxylic acids is 1. The molecule has 1 amide bonds. The highest BCUT2D eigenvalue weighted by molar-refractivity contribution is 7.86. The molecule has 2 aromatic heterocycles. The number of hydrogen-bond donors (Lipinski definition) is 1. The fourth-order valence-electron chi connectivity index (χ4n) is 3.48. The number of furan rings is 1. The van der Waals surface area contributed by atoms with Crippen LogP contribution in [0, 0.1) is 0 Å². The Morgan fingerprint density at radius 3 is 2.39 bits per heavy atom. The lowest BCUT2D eigenvalue weighted by molar-refractivity contribution is 0.102. The van der Waals surface area contributed by atoms with E-state index in [2.05, 4.69) is 24.1 Å². The molecule has 1 N–H and O–H groups in total. The first kappa shape index (κ1) is 27.4. The van der Waals surface area contributed by atoms with Gasteiger partial charge in [-0.15, -0.1) is 0 Å². The smallest absolute Gasteiger partial charge is 0.255 e. The number of halogens is 1. The zero-order valence-corrected chi connectivity index (χ0v) is 22.7. The lowest BCUT2D eigenvalue weighted by atomic mass is 10.1. The van der Waals surface area contributed by atoms with Gasteiger partial charge in [-0.05, 0) is 61.5 Å². The van der Waals surface area contributed by atoms with Crippen LogP contribution in [-0.2, 0) is 11.0 Å². The molecule has 2 aromatic carbocycles. The number of nitrogens with one attached hydrogen (secondary N) is 1. The van der Waals surface area contributed by atoms with Crippen LogP contribution in [0.25, 0.3) is 22.2 Å². The topological polar surface area (TPSA) is 75.4 Å². The molecule has 0 saturated carbocycles. The third-order valence-electron chi connectivity index (χ3n) is 5.56. The molecule has 2 heterocycles. The van der Waals surface area contributed by atoms with Crippen LogP contribution in [0.1, 0.15) is 50.9 Å². The number of benzene rings is 2. The highest BCUT2D eigenvalue weighted by Gasteiger charge is 2.15. The summed E-state index contributed by atoms with van der Waals surface area (Å²) in [5.41, 5.74) is 4.02. The molecule has 0 radical (unpaired) electrons. The van der Waals surface area contributed by atoms with Gasteiger partial charge in [-0.2, -0.15) is 0 Å². The molecule has 0 spiro atoms. The lowest BCUT2D eigenvalue weighted by Gasteiger charge is -2.21. The second-order valence-corrected chi connectivity index (χ2v) is 10.1. The molecule has 36 heavy (non-hydrogen) atoms. The van der Waals surface area contributed by atoms with Gasteiger partial charge in [0.25, 0.3) is 5.91 Å². The maximum absolute atomic E-state index is 12.8. The summed E-state index contributed by atoms with van der Waals surface area (Å²) in [5.74, 6) is 0.287. The Balaban J connectivity index is 0.000000840. The van der Waals surface area contributed by atoms with Crippen molar-refractivity contribution < 1.29 is 13.4 Å². The molecule has 1 unspecified atom stereocenters. The minimum Gasteiger partial charge on any atom is -0.464 e. The van der Waals surface area contributed by atoms with E-state index in [9.17, 15) is 9.00 Å². The van der Waals surface area contributed by atoms with Crippen LogP contribution in [0.3, 0.4) is 0 Å². The van der Waals surface area contributed by atoms with E-state index in [-0.39, 0.29) is 5.91 Å². The molecule has 0 aliphatic rings. The van der Waals surface area contributed by atoms with E-state index >= 15 is 0 Å². The number of carbonyl (C=O) groups is 1. The third kappa shape index (κ3) is 6.53. The van der Waals surface area contributed by atoms with Crippen molar-refractivity contribution in [3.8, 4) is 11.3 Å². The highest BCUT2D eigenvalue weighted by Crippen LogP contribution is 2.34. The SMILES string of the molecule is CCCC.CCN(c1ccc(C(=O)Nc2ccc(Cl)c(-c3nccc4occc34)c2)cc1)S(=O)CC. The summed E-state index contributed by atoms with van der Waals surface area (Å²) in [6, 6.07) is 16.0. The average Bonchev–Trinajstić information content (AvgIpc) is 3.40. The molecular weight excluding hydrogens is 494 g/mol. The minimum absolute atomic E-state index is 0.251. The fourth-order valence-corrected chi connectivity index (χ4v) is 4.64. The van der Waals surface area contributed by atoms with Crippen LogP contribution in [0.4, 0.5) is 11.4 Å². The molecule has 8 heteroatoms. The summed E-state index contributed by atoms with van der Waals surface area (Å²) in [7, 11) is -1.09. The van der Waals surface area contributed by atoms with Crippen molar-refractivity contribution in [2.75, 3.05) is 21.9 Å². The normalized spacial score (nSPS) is 11.5. The fraction of sp³-hybridized carbons (Fsp3) is 0.286. The molecule has 4 rings (SSSR count). The Morgan fingerprint density at radius 1 is 1.03 bits per heavy atom. The number of rotatable bonds is 8. The largest absolute Gasteiger partial charge is 0.464 e. The summed E-state index contributed by atoms with van der Waals surface area (Å²) < 4.78 is 19.4. The third-order valence-corrected chi connectivity index (χ3v) is 7.34. The van der Waals surface area contributed by atoms with Gasteiger partial charge in [-0.25, -0.2) is 4.21 Å². The van der Waals surface area contributed by atoms with Crippen molar-refractivity contribution in [2.24, 2.45) is 0 Å². The number of fused-ring (bicyclic) bond motifs is 1. The Morgan fingerprint density at radius 2 is 1.75 bits per heavy atom. The number of aromatic nitrogens is 1. The van der Waals surface area contributed by atoms with Crippen molar-refractivity contribution in [1.29, 1.82) is 0 Å². The molecule has 0 bridgehead atoms. The standard InChI is InChI=1S/C24H22ClN3O3S.C4H10/c1-3-28(32(30)4-2)18-8-5-16(6-9-18)24(29)27-17-7-10-21(25)20(15-17)23-19-12-14-31-22(19)11-13-26-23;1-3-4-2/h5-15H,3-4H2,1-2H3,(H,27,29);3-4H2,1-2H3. The van der Waals surface area contributed by atoms with Crippen molar-refractivity contribution in [3.63, 3.8) is 0 Å². The maximum atomic E-state index is 12.8. The Kier molecular flexibility index (Phi) is 10.1. The summed E-state index contributed by atoms with van der Waals surface area (Å²) in [4.78, 5) is 17.3. The first-order valence-electron chi connectivity index (χ1n) is 12.1. The number of anilines is 2. The van der Waals surface area contributed by atoms with E-state index < -0.39 is 11.0 Å². The highest BCUT2D eigenvalue weighted by atomic mass is 35.5. The van der Waals surface area contributed by atoms with E-state index in [1.165, 1.54) is 12.8 Å². The van der Waals surface area contributed by atoms with Crippen molar-refractivity contribution >= 4 is 50.8 Å². The number of unbranched alkanes of at least 4 members (excludes halogenated alkanes) is 1. The van der Waals surface area contributed by atoms with E-state index in [4.69, 9.17) is 16.0 Å². The van der Waals surface area contributed by atoms with Crippen LogP contribution in [0.2, 0.25) is 5.02 Å². The molecule has 6 nitrogen and oxygen atoms in total. The Bertz CT molecular complexity index is 1320. The minimum atomic E-state index is -1.09. The van der Waals surface area contributed by atoms with Gasteiger partial charge in [-0.3, -0.25) is 14.1 Å². The molecule has 4 aromatic rings. The van der Waals surface area contributed by atoms with E-state index in [0.717, 1.165) is 11.1 Å². The zero-order valence-electron chi connectivity index (χ0n) is 21.1. The molecule has 0 saturated heterocycles. The molecular formula is C28H32ClN3O3S. The first-order valence-corrected chi connectivity index (χ1v) is 13.8. The number of hydrogen-bond acceptors (Lipinski definition) is 4. The van der Waals surface area contributed by atoms with Crippen LogP contribution >= 0.6 is 11.6 Å². The summed E-state index contributed by atoms with van der Waals surface area (Å²) in [5, 5.41) is 4.28. The number of nitrogens with zero attached hydrogens (tertiary/aromatic N) is 2. The van der Waals surface area contributed by atoms with Gasteiger partial charge in [-0.1, -0.05) is 45.2 Å². The zero-order chi connectivity index (χ0) is 26.1. The predicted molar refractivity (Wildman–Crippen MR) is 151 cm³/mol. The summed E-state index contributed by atoms with van der Waals surface area (Å²) in [6.45, 7) is 8.81. The van der Waals surface area contributed by atoms with Crippen molar-refractivity contribution in [1.82, 2.24) is 4.98 Å². The van der Waals surface area contributed by atoms with Gasteiger partial charge in [0, 0.05) is 46.4 Å². The summed E-state index contributed by atoms with van der Waals surface area (Å²) >= 11 is 6.44. The second-order valence-electron chi connectivity index (χ2n) is 7.99. The number of amides is 1. The molecule has 0 aliphatic carbocycles. The van der Waals surface area contributed by atoms with Crippen molar-refractivity contribution in [2.45, 2.75) is 40.5 Å². The van der Waals surface area contributed by atoms with Gasteiger partial charge in [0.2, 0.25) is 0 Å². The maximum Gasteiger partial charge on any atom is 0.255 e. The monoisotopic (exact) mass is 525 g/mol. The van der Waals surface area contributed by atoms with E-state index in [1.807, 2.05) is 32.0 Å². The van der Waals surface area contributed by atoms with Crippen LogP contribution in [-0.4, -0.2) is 27.4 Å². The predicted octanol–water partition coefficient (Wildman–Crippen LogP) is 7.72. The Labute approximate surface area is 220 Å². The van der Waals surface area contributed by atoms with Gasteiger partial charge in [0.05, 0.1) is 17.0 Å².